The molecule has 40 heavy (non-hydrogen) atoms. The minimum absolute atomic E-state index is 0.0363. The number of nitrogens with zero attached hydrogens (tertiary/aromatic N) is 8. The number of anilines is 1. The Morgan fingerprint density at radius 3 is 2.55 bits per heavy atom. The minimum atomic E-state index is -0.654. The molecular formula is C27H26BrN9O3. The second kappa shape index (κ2) is 9.51. The number of carbonyl (C=O) groups excluding carboxylic acids is 3. The molecule has 1 aliphatic carbocycles. The lowest BCUT2D eigenvalue weighted by atomic mass is 10.0. The average Bonchev–Trinajstić information content (AvgIpc) is 3.25. The van der Waals surface area contributed by atoms with Gasteiger partial charge >= 0.3 is 0 Å². The molecule has 2 aliphatic rings. The normalized spacial score (nSPS) is 21.4. The fourth-order valence-corrected chi connectivity index (χ4v) is 5.94. The third kappa shape index (κ3) is 4.53. The van der Waals surface area contributed by atoms with Crippen molar-refractivity contribution in [2.24, 2.45) is 5.41 Å². The summed E-state index contributed by atoms with van der Waals surface area (Å²) in [6.07, 6.45) is 7.73. The fraction of sp³-hybridized carbons (Fsp3) is 0.370. The summed E-state index contributed by atoms with van der Waals surface area (Å²) in [5.74, 6) is 0.158. The van der Waals surface area contributed by atoms with Crippen molar-refractivity contribution in [2.75, 3.05) is 5.32 Å². The number of fused-ring (bicyclic) bond motifs is 2. The largest absolute Gasteiger partial charge is 0.325 e. The number of halogens is 1. The minimum Gasteiger partial charge on any atom is -0.325 e. The van der Waals surface area contributed by atoms with E-state index in [1.54, 1.807) is 30.3 Å². The van der Waals surface area contributed by atoms with Crippen molar-refractivity contribution in [3.8, 4) is 11.3 Å². The van der Waals surface area contributed by atoms with E-state index in [9.17, 15) is 14.4 Å². The summed E-state index contributed by atoms with van der Waals surface area (Å²) in [6.45, 7) is 7.02. The zero-order valence-electron chi connectivity index (χ0n) is 22.3. The summed E-state index contributed by atoms with van der Waals surface area (Å²) < 4.78 is 2.02. The Hall–Kier alpha value is -4.13. The zero-order chi connectivity index (χ0) is 28.3. The van der Waals surface area contributed by atoms with Crippen LogP contribution >= 0.6 is 15.9 Å². The molecule has 2 fully saturated rings. The number of aryl methyl sites for hydroxylation is 2. The summed E-state index contributed by atoms with van der Waals surface area (Å²) in [5, 5.41) is 7.93. The summed E-state index contributed by atoms with van der Waals surface area (Å²) in [4.78, 5) is 62.8. The molecule has 0 spiro atoms. The van der Waals surface area contributed by atoms with Gasteiger partial charge in [0.15, 0.2) is 11.6 Å². The molecular weight excluding hydrogens is 578 g/mol. The van der Waals surface area contributed by atoms with E-state index < -0.39 is 6.04 Å². The van der Waals surface area contributed by atoms with Crippen molar-refractivity contribution < 1.29 is 14.4 Å². The smallest absolute Gasteiger partial charge is 0.248 e. The van der Waals surface area contributed by atoms with Crippen LogP contribution in [-0.4, -0.2) is 69.3 Å². The number of hydrogen-bond donors (Lipinski definition) is 1. The van der Waals surface area contributed by atoms with E-state index in [1.165, 1.54) is 24.0 Å². The van der Waals surface area contributed by atoms with E-state index in [-0.39, 0.29) is 41.3 Å². The van der Waals surface area contributed by atoms with Crippen molar-refractivity contribution in [3.63, 3.8) is 0 Å². The number of likely N-dealkylation sites (tertiary alicyclic amines) is 1. The van der Waals surface area contributed by atoms with Crippen LogP contribution in [0.1, 0.15) is 48.7 Å². The SMILES string of the molecule is CC(=O)c1nn(CC(=O)N2[C@H](C(=O)Nc3cncc(Br)n3)C[C@@]3(C)C[C@@H]23)c2c(C)nc(-c3cnc(C)nc3)cc12. The number of aromatic nitrogens is 7. The number of ketones is 1. The molecule has 3 atom stereocenters. The number of nitrogens with one attached hydrogen (secondary N) is 1. The van der Waals surface area contributed by atoms with Gasteiger partial charge in [-0.2, -0.15) is 5.10 Å². The highest BCUT2D eigenvalue weighted by atomic mass is 79.9. The van der Waals surface area contributed by atoms with Crippen LogP contribution in [0.4, 0.5) is 5.82 Å². The number of Topliss-reactive ketones (excluding diaryl/α,β-unsaturated/α-hetero) is 1. The van der Waals surface area contributed by atoms with E-state index in [1.807, 2.05) is 6.92 Å². The lowest BCUT2D eigenvalue weighted by Crippen LogP contribution is -2.46. The van der Waals surface area contributed by atoms with Gasteiger partial charge in [0.25, 0.3) is 0 Å². The highest BCUT2D eigenvalue weighted by molar-refractivity contribution is 9.10. The molecule has 6 rings (SSSR count). The van der Waals surface area contributed by atoms with Gasteiger partial charge in [-0.15, -0.1) is 0 Å². The molecule has 4 aromatic heterocycles. The number of amides is 2. The maximum Gasteiger partial charge on any atom is 0.248 e. The fourth-order valence-electron chi connectivity index (χ4n) is 5.63. The Morgan fingerprint density at radius 1 is 1.10 bits per heavy atom. The van der Waals surface area contributed by atoms with Crippen molar-refractivity contribution >= 4 is 50.2 Å². The first kappa shape index (κ1) is 26.1. The van der Waals surface area contributed by atoms with Crippen LogP contribution in [0, 0.1) is 19.3 Å². The van der Waals surface area contributed by atoms with Gasteiger partial charge in [0.05, 0.1) is 29.3 Å². The monoisotopic (exact) mass is 603 g/mol. The molecule has 13 heteroatoms. The first-order chi connectivity index (χ1) is 19.0. The molecule has 12 nitrogen and oxygen atoms in total. The van der Waals surface area contributed by atoms with Crippen molar-refractivity contribution in [3.05, 3.63) is 52.7 Å². The Balaban J connectivity index is 1.32. The summed E-state index contributed by atoms with van der Waals surface area (Å²) >= 11 is 3.26. The number of piperidine rings is 1. The topological polar surface area (TPSA) is 149 Å². The van der Waals surface area contributed by atoms with E-state index in [2.05, 4.69) is 53.2 Å². The van der Waals surface area contributed by atoms with Gasteiger partial charge in [0.1, 0.15) is 28.7 Å². The first-order valence-corrected chi connectivity index (χ1v) is 13.6. The molecule has 0 bridgehead atoms. The average molecular weight is 604 g/mol. The number of carbonyl (C=O) groups is 3. The van der Waals surface area contributed by atoms with Crippen LogP contribution < -0.4 is 5.32 Å². The van der Waals surface area contributed by atoms with Gasteiger partial charge in [-0.1, -0.05) is 6.92 Å². The Bertz CT molecular complexity index is 1700. The number of pyridine rings is 1. The number of rotatable bonds is 6. The maximum atomic E-state index is 13.8. The van der Waals surface area contributed by atoms with Crippen LogP contribution in [0.3, 0.4) is 0 Å². The molecule has 0 unspecified atom stereocenters. The molecule has 5 heterocycles. The van der Waals surface area contributed by atoms with E-state index in [4.69, 9.17) is 4.98 Å². The summed E-state index contributed by atoms with van der Waals surface area (Å²) in [7, 11) is 0. The molecule has 1 saturated carbocycles. The maximum absolute atomic E-state index is 13.8. The van der Waals surface area contributed by atoms with Gasteiger partial charge in [0.2, 0.25) is 11.8 Å². The molecule has 1 N–H and O–H groups in total. The third-order valence-corrected chi connectivity index (χ3v) is 8.06. The van der Waals surface area contributed by atoms with Crippen LogP contribution in [0.5, 0.6) is 0 Å². The van der Waals surface area contributed by atoms with Crippen LogP contribution in [0.25, 0.3) is 22.2 Å². The molecule has 1 saturated heterocycles. The van der Waals surface area contributed by atoms with Crippen LogP contribution in [-0.2, 0) is 16.1 Å². The molecule has 0 radical (unpaired) electrons. The molecule has 4 aromatic rings. The van der Waals surface area contributed by atoms with E-state index >= 15 is 0 Å². The van der Waals surface area contributed by atoms with E-state index in [0.717, 1.165) is 6.42 Å². The molecule has 0 aromatic carbocycles. The quantitative estimate of drug-likeness (QED) is 0.327. The molecule has 1 aliphatic heterocycles. The van der Waals surface area contributed by atoms with Gasteiger partial charge in [0, 0.05) is 36.3 Å². The van der Waals surface area contributed by atoms with Gasteiger partial charge in [-0.25, -0.2) is 15.0 Å². The van der Waals surface area contributed by atoms with Gasteiger partial charge < -0.3 is 10.2 Å². The van der Waals surface area contributed by atoms with Crippen molar-refractivity contribution in [2.45, 2.75) is 59.2 Å². The van der Waals surface area contributed by atoms with Gasteiger partial charge in [-0.05, 0) is 54.1 Å². The second-order valence-corrected chi connectivity index (χ2v) is 11.5. The Morgan fingerprint density at radius 2 is 1.85 bits per heavy atom. The Labute approximate surface area is 237 Å². The molecule has 2 amide bonds. The van der Waals surface area contributed by atoms with Crippen molar-refractivity contribution in [1.82, 2.24) is 39.6 Å². The summed E-state index contributed by atoms with van der Waals surface area (Å²) in [5.41, 5.74) is 2.67. The Kier molecular flexibility index (Phi) is 6.21. The zero-order valence-corrected chi connectivity index (χ0v) is 23.9. The third-order valence-electron chi connectivity index (χ3n) is 7.68. The lowest BCUT2D eigenvalue weighted by Gasteiger charge is -2.26. The second-order valence-electron chi connectivity index (χ2n) is 10.7. The summed E-state index contributed by atoms with van der Waals surface area (Å²) in [6, 6.07) is 1.09. The van der Waals surface area contributed by atoms with Crippen molar-refractivity contribution in [1.29, 1.82) is 0 Å². The van der Waals surface area contributed by atoms with Crippen LogP contribution in [0.2, 0.25) is 0 Å². The lowest BCUT2D eigenvalue weighted by molar-refractivity contribution is -0.138. The predicted molar refractivity (Wildman–Crippen MR) is 148 cm³/mol. The number of hydrogen-bond acceptors (Lipinski definition) is 9. The van der Waals surface area contributed by atoms with E-state index in [0.29, 0.717) is 50.5 Å². The van der Waals surface area contributed by atoms with Crippen LogP contribution in [0.15, 0.2) is 35.5 Å². The highest BCUT2D eigenvalue weighted by Gasteiger charge is 2.64. The first-order valence-electron chi connectivity index (χ1n) is 12.8. The standard InChI is InChI=1S/C27H26BrN9O3/c1-13-25-17(5-18(32-13)16-8-30-15(3)31-9-16)24(14(2)38)35-36(25)12-23(39)37-19(6-27(4)7-20(27)37)26(40)34-22-11-29-10-21(28)33-22/h5,8-11,19-20H,6-7,12H2,1-4H3,(H,33,34,40)/t19-,20+,27-/m0/s1. The highest BCUT2D eigenvalue weighted by Crippen LogP contribution is 2.59. The van der Waals surface area contributed by atoms with Gasteiger partial charge in [-0.3, -0.25) is 29.0 Å². The molecule has 204 valence electrons. The predicted octanol–water partition coefficient (Wildman–Crippen LogP) is 3.28.